The fourth-order valence-electron chi connectivity index (χ4n) is 2.41. The molecule has 1 saturated heterocycles. The van der Waals surface area contributed by atoms with Gasteiger partial charge in [-0.3, -0.25) is 9.48 Å². The smallest absolute Gasteiger partial charge is 0.274 e. The van der Waals surface area contributed by atoms with E-state index in [2.05, 4.69) is 5.10 Å². The van der Waals surface area contributed by atoms with Gasteiger partial charge in [0.05, 0.1) is 0 Å². The Labute approximate surface area is 102 Å². The lowest BCUT2D eigenvalue weighted by atomic mass is 10.1. The quantitative estimate of drug-likeness (QED) is 0.839. The van der Waals surface area contributed by atoms with Gasteiger partial charge in [-0.2, -0.15) is 5.10 Å². The number of likely N-dealkylation sites (tertiary alicyclic amines) is 1. The van der Waals surface area contributed by atoms with Crippen molar-refractivity contribution in [2.24, 2.45) is 12.8 Å². The van der Waals surface area contributed by atoms with E-state index in [1.807, 2.05) is 24.9 Å². The van der Waals surface area contributed by atoms with Crippen LogP contribution in [0.4, 0.5) is 0 Å². The highest BCUT2D eigenvalue weighted by Gasteiger charge is 2.29. The number of hydrogen-bond donors (Lipinski definition) is 1. The Kier molecular flexibility index (Phi) is 3.47. The minimum Gasteiger partial charge on any atom is -0.334 e. The van der Waals surface area contributed by atoms with Crippen LogP contribution in [0.25, 0.3) is 0 Å². The number of nitrogens with two attached hydrogens (primary N) is 1. The molecule has 1 fully saturated rings. The molecule has 0 aromatic carbocycles. The summed E-state index contributed by atoms with van der Waals surface area (Å²) in [5, 5.41) is 4.24. The van der Waals surface area contributed by atoms with Crippen molar-refractivity contribution in [1.29, 1.82) is 0 Å². The first-order valence-electron chi connectivity index (χ1n) is 6.15. The zero-order valence-electron chi connectivity index (χ0n) is 10.5. The van der Waals surface area contributed by atoms with E-state index in [9.17, 15) is 4.79 Å². The first kappa shape index (κ1) is 12.1. The molecular formula is C12H20N4O. The maximum Gasteiger partial charge on any atom is 0.274 e. The van der Waals surface area contributed by atoms with Crippen LogP contribution in [-0.4, -0.2) is 39.7 Å². The maximum absolute atomic E-state index is 12.3. The van der Waals surface area contributed by atoms with Gasteiger partial charge in [0.1, 0.15) is 0 Å². The number of nitrogens with zero attached hydrogens (tertiary/aromatic N) is 3. The predicted molar refractivity (Wildman–Crippen MR) is 65.7 cm³/mol. The molecule has 0 radical (unpaired) electrons. The Bertz CT molecular complexity index is 393. The lowest BCUT2D eigenvalue weighted by molar-refractivity contribution is 0.0725. The van der Waals surface area contributed by atoms with E-state index in [1.54, 1.807) is 4.68 Å². The van der Waals surface area contributed by atoms with Gasteiger partial charge in [0.2, 0.25) is 0 Å². The summed E-state index contributed by atoms with van der Waals surface area (Å²) in [4.78, 5) is 14.2. The standard InChI is InChI=1S/C12H20N4O/c1-9-8-11(14-15(9)2)12(17)16-7-3-4-10(16)5-6-13/h8,10H,3-7,13H2,1-2H3. The van der Waals surface area contributed by atoms with Gasteiger partial charge >= 0.3 is 0 Å². The van der Waals surface area contributed by atoms with E-state index in [4.69, 9.17) is 5.73 Å². The van der Waals surface area contributed by atoms with Crippen LogP contribution in [0.3, 0.4) is 0 Å². The number of aryl methyl sites for hydroxylation is 2. The predicted octanol–water partition coefficient (Wildman–Crippen LogP) is 0.682. The molecular weight excluding hydrogens is 216 g/mol. The van der Waals surface area contributed by atoms with Gasteiger partial charge in [-0.1, -0.05) is 0 Å². The van der Waals surface area contributed by atoms with Crippen molar-refractivity contribution in [1.82, 2.24) is 14.7 Å². The molecule has 5 heteroatoms. The Balaban J connectivity index is 2.13. The molecule has 1 aromatic rings. The fourth-order valence-corrected chi connectivity index (χ4v) is 2.41. The third kappa shape index (κ3) is 2.34. The Morgan fingerprint density at radius 3 is 3.00 bits per heavy atom. The zero-order valence-corrected chi connectivity index (χ0v) is 10.5. The summed E-state index contributed by atoms with van der Waals surface area (Å²) in [6.07, 6.45) is 3.02. The molecule has 94 valence electrons. The van der Waals surface area contributed by atoms with Crippen LogP contribution >= 0.6 is 0 Å². The van der Waals surface area contributed by atoms with Crippen molar-refractivity contribution >= 4 is 5.91 Å². The molecule has 2 N–H and O–H groups in total. The molecule has 17 heavy (non-hydrogen) atoms. The van der Waals surface area contributed by atoms with Gasteiger partial charge in [0.15, 0.2) is 5.69 Å². The molecule has 0 aliphatic carbocycles. The molecule has 1 amide bonds. The first-order chi connectivity index (χ1) is 8.13. The molecule has 1 aliphatic rings. The van der Waals surface area contributed by atoms with Crippen molar-refractivity contribution in [3.8, 4) is 0 Å². The lowest BCUT2D eigenvalue weighted by Crippen LogP contribution is -2.37. The molecule has 5 nitrogen and oxygen atoms in total. The van der Waals surface area contributed by atoms with E-state index in [0.717, 1.165) is 31.5 Å². The second-order valence-corrected chi connectivity index (χ2v) is 4.67. The van der Waals surface area contributed by atoms with Gasteiger partial charge in [0.25, 0.3) is 5.91 Å². The minimum atomic E-state index is 0.0460. The molecule has 2 rings (SSSR count). The summed E-state index contributed by atoms with van der Waals surface area (Å²) >= 11 is 0. The van der Waals surface area contributed by atoms with Crippen molar-refractivity contribution in [3.05, 3.63) is 17.5 Å². The topological polar surface area (TPSA) is 64.2 Å². The second kappa shape index (κ2) is 4.87. The molecule has 1 atom stereocenters. The van der Waals surface area contributed by atoms with E-state index in [0.29, 0.717) is 18.3 Å². The van der Waals surface area contributed by atoms with Crippen LogP contribution in [-0.2, 0) is 7.05 Å². The van der Waals surface area contributed by atoms with Gasteiger partial charge in [0, 0.05) is 25.3 Å². The number of carbonyl (C=O) groups excluding carboxylic acids is 1. The summed E-state index contributed by atoms with van der Waals surface area (Å²) in [6, 6.07) is 2.15. The molecule has 1 aromatic heterocycles. The molecule has 0 spiro atoms. The fraction of sp³-hybridized carbons (Fsp3) is 0.667. The van der Waals surface area contributed by atoms with Crippen LogP contribution in [0.2, 0.25) is 0 Å². The molecule has 1 unspecified atom stereocenters. The summed E-state index contributed by atoms with van der Waals surface area (Å²) in [5.41, 5.74) is 7.13. The summed E-state index contributed by atoms with van der Waals surface area (Å²) < 4.78 is 1.74. The minimum absolute atomic E-state index is 0.0460. The van der Waals surface area contributed by atoms with E-state index < -0.39 is 0 Å². The van der Waals surface area contributed by atoms with Crippen LogP contribution < -0.4 is 5.73 Å². The highest BCUT2D eigenvalue weighted by Crippen LogP contribution is 2.21. The van der Waals surface area contributed by atoms with Crippen LogP contribution in [0.1, 0.15) is 35.4 Å². The number of carbonyl (C=O) groups is 1. The monoisotopic (exact) mass is 236 g/mol. The Hall–Kier alpha value is -1.36. The number of aromatic nitrogens is 2. The van der Waals surface area contributed by atoms with E-state index >= 15 is 0 Å². The summed E-state index contributed by atoms with van der Waals surface area (Å²) in [5.74, 6) is 0.0460. The average Bonchev–Trinajstić information content (AvgIpc) is 2.87. The molecule has 0 bridgehead atoms. The molecule has 2 heterocycles. The van der Waals surface area contributed by atoms with Gasteiger partial charge in [-0.15, -0.1) is 0 Å². The van der Waals surface area contributed by atoms with Crippen molar-refractivity contribution in [2.45, 2.75) is 32.2 Å². The molecule has 0 saturated carbocycles. The van der Waals surface area contributed by atoms with Crippen molar-refractivity contribution in [3.63, 3.8) is 0 Å². The van der Waals surface area contributed by atoms with Gasteiger partial charge in [-0.25, -0.2) is 0 Å². The largest absolute Gasteiger partial charge is 0.334 e. The zero-order chi connectivity index (χ0) is 12.4. The highest BCUT2D eigenvalue weighted by molar-refractivity contribution is 5.92. The van der Waals surface area contributed by atoms with Crippen molar-refractivity contribution in [2.75, 3.05) is 13.1 Å². The number of amides is 1. The average molecular weight is 236 g/mol. The van der Waals surface area contributed by atoms with Gasteiger partial charge in [-0.05, 0) is 38.8 Å². The number of hydrogen-bond acceptors (Lipinski definition) is 3. The number of rotatable bonds is 3. The maximum atomic E-state index is 12.3. The normalized spacial score (nSPS) is 19.9. The second-order valence-electron chi connectivity index (χ2n) is 4.67. The summed E-state index contributed by atoms with van der Waals surface area (Å²) in [7, 11) is 1.85. The van der Waals surface area contributed by atoms with Crippen LogP contribution in [0.5, 0.6) is 0 Å². The molecule has 1 aliphatic heterocycles. The Morgan fingerprint density at radius 1 is 1.65 bits per heavy atom. The van der Waals surface area contributed by atoms with E-state index in [1.165, 1.54) is 0 Å². The van der Waals surface area contributed by atoms with Crippen molar-refractivity contribution < 1.29 is 4.79 Å². The van der Waals surface area contributed by atoms with Gasteiger partial charge < -0.3 is 10.6 Å². The van der Waals surface area contributed by atoms with E-state index in [-0.39, 0.29) is 5.91 Å². The SMILES string of the molecule is Cc1cc(C(=O)N2CCCC2CCN)nn1C. The Morgan fingerprint density at radius 2 is 2.41 bits per heavy atom. The lowest BCUT2D eigenvalue weighted by Gasteiger charge is -2.23. The highest BCUT2D eigenvalue weighted by atomic mass is 16.2. The third-order valence-electron chi connectivity index (χ3n) is 3.47. The van der Waals surface area contributed by atoms with Crippen LogP contribution in [0, 0.1) is 6.92 Å². The first-order valence-corrected chi connectivity index (χ1v) is 6.15. The van der Waals surface area contributed by atoms with Crippen LogP contribution in [0.15, 0.2) is 6.07 Å². The summed E-state index contributed by atoms with van der Waals surface area (Å²) in [6.45, 7) is 3.42. The third-order valence-corrected chi connectivity index (χ3v) is 3.47.